The third-order valence-corrected chi connectivity index (χ3v) is 3.11. The second-order valence-corrected chi connectivity index (χ2v) is 5.96. The Labute approximate surface area is 110 Å². The third-order valence-electron chi connectivity index (χ3n) is 3.11. The molecule has 19 heavy (non-hydrogen) atoms. The average molecular weight is 260 g/mol. The summed E-state index contributed by atoms with van der Waals surface area (Å²) in [6, 6.07) is 0. The first kappa shape index (κ1) is 12.1. The number of nitrogens with one attached hydrogen (secondary N) is 1. The van der Waals surface area contributed by atoms with Gasteiger partial charge in [0.1, 0.15) is 11.4 Å². The average Bonchev–Trinajstić information content (AvgIpc) is 3.05. The van der Waals surface area contributed by atoms with Crippen molar-refractivity contribution in [2.75, 3.05) is 0 Å². The van der Waals surface area contributed by atoms with Gasteiger partial charge < -0.3 is 9.51 Å². The van der Waals surface area contributed by atoms with Crippen molar-refractivity contribution in [1.82, 2.24) is 20.1 Å². The van der Waals surface area contributed by atoms with E-state index in [0.29, 0.717) is 17.3 Å². The molecule has 1 fully saturated rings. The second kappa shape index (κ2) is 4.01. The summed E-state index contributed by atoms with van der Waals surface area (Å²) in [4.78, 5) is 23.3. The summed E-state index contributed by atoms with van der Waals surface area (Å²) in [5, 5.41) is 3.91. The van der Waals surface area contributed by atoms with Crippen LogP contribution in [0.25, 0.3) is 11.5 Å². The van der Waals surface area contributed by atoms with E-state index in [1.54, 1.807) is 0 Å². The van der Waals surface area contributed by atoms with Crippen molar-refractivity contribution >= 4 is 0 Å². The summed E-state index contributed by atoms with van der Waals surface area (Å²) in [5.41, 5.74) is -0.107. The molecule has 1 saturated carbocycles. The SMILES string of the molecule is CC(C)(C)c1noc(-c2cnc(C3CC3)[nH]c2=O)n1. The minimum atomic E-state index is -0.221. The van der Waals surface area contributed by atoms with Gasteiger partial charge in [0.05, 0.1) is 0 Å². The lowest BCUT2D eigenvalue weighted by Gasteiger charge is -2.10. The molecule has 2 aromatic rings. The molecule has 2 aromatic heterocycles. The van der Waals surface area contributed by atoms with Gasteiger partial charge in [-0.2, -0.15) is 4.98 Å². The Morgan fingerprint density at radius 1 is 1.37 bits per heavy atom. The van der Waals surface area contributed by atoms with Crippen LogP contribution < -0.4 is 5.56 Å². The van der Waals surface area contributed by atoms with E-state index in [9.17, 15) is 4.79 Å². The molecule has 1 aliphatic rings. The first-order valence-electron chi connectivity index (χ1n) is 6.39. The Bertz CT molecular complexity index is 662. The van der Waals surface area contributed by atoms with Crippen LogP contribution in [-0.4, -0.2) is 20.1 Å². The highest BCUT2D eigenvalue weighted by molar-refractivity contribution is 5.49. The molecule has 0 atom stereocenters. The molecular formula is C13H16N4O2. The fraction of sp³-hybridized carbons (Fsp3) is 0.538. The molecule has 0 saturated heterocycles. The Kier molecular flexibility index (Phi) is 2.55. The molecule has 1 aliphatic carbocycles. The largest absolute Gasteiger partial charge is 0.334 e. The summed E-state index contributed by atoms with van der Waals surface area (Å²) in [6.07, 6.45) is 3.71. The van der Waals surface area contributed by atoms with Crippen molar-refractivity contribution in [3.05, 3.63) is 28.2 Å². The maximum Gasteiger partial charge on any atom is 0.265 e. The Hall–Kier alpha value is -1.98. The summed E-state index contributed by atoms with van der Waals surface area (Å²) in [5.74, 6) is 1.97. The molecule has 100 valence electrons. The van der Waals surface area contributed by atoms with E-state index < -0.39 is 0 Å². The van der Waals surface area contributed by atoms with E-state index in [1.165, 1.54) is 6.20 Å². The smallest absolute Gasteiger partial charge is 0.265 e. The predicted octanol–water partition coefficient (Wildman–Crippen LogP) is 1.99. The molecule has 0 aliphatic heterocycles. The zero-order chi connectivity index (χ0) is 13.6. The van der Waals surface area contributed by atoms with Crippen LogP contribution in [0.1, 0.15) is 51.2 Å². The van der Waals surface area contributed by atoms with Gasteiger partial charge in [0.2, 0.25) is 0 Å². The van der Waals surface area contributed by atoms with Crippen molar-refractivity contribution in [2.24, 2.45) is 0 Å². The van der Waals surface area contributed by atoms with Crippen LogP contribution in [0.3, 0.4) is 0 Å². The van der Waals surface area contributed by atoms with Gasteiger partial charge in [0, 0.05) is 17.5 Å². The molecule has 0 unspecified atom stereocenters. The third kappa shape index (κ3) is 2.30. The van der Waals surface area contributed by atoms with Gasteiger partial charge in [-0.1, -0.05) is 25.9 Å². The molecule has 6 heteroatoms. The lowest BCUT2D eigenvalue weighted by Crippen LogP contribution is -2.14. The number of nitrogens with zero attached hydrogens (tertiary/aromatic N) is 3. The monoisotopic (exact) mass is 260 g/mol. The first-order chi connectivity index (χ1) is 8.95. The van der Waals surface area contributed by atoms with Crippen molar-refractivity contribution < 1.29 is 4.52 Å². The minimum Gasteiger partial charge on any atom is -0.334 e. The second-order valence-electron chi connectivity index (χ2n) is 5.96. The number of H-pyrrole nitrogens is 1. The van der Waals surface area contributed by atoms with E-state index >= 15 is 0 Å². The molecule has 0 radical (unpaired) electrons. The highest BCUT2D eigenvalue weighted by Gasteiger charge is 2.27. The van der Waals surface area contributed by atoms with Crippen LogP contribution in [0.15, 0.2) is 15.5 Å². The Balaban J connectivity index is 1.98. The number of aromatic nitrogens is 4. The van der Waals surface area contributed by atoms with E-state index in [1.807, 2.05) is 20.8 Å². The van der Waals surface area contributed by atoms with Crippen LogP contribution in [0.5, 0.6) is 0 Å². The quantitative estimate of drug-likeness (QED) is 0.892. The van der Waals surface area contributed by atoms with Gasteiger partial charge in [-0.05, 0) is 12.8 Å². The first-order valence-corrected chi connectivity index (χ1v) is 6.39. The molecule has 0 bridgehead atoms. The summed E-state index contributed by atoms with van der Waals surface area (Å²) >= 11 is 0. The van der Waals surface area contributed by atoms with Crippen LogP contribution in [0.4, 0.5) is 0 Å². The number of rotatable bonds is 2. The number of hydrogen-bond donors (Lipinski definition) is 1. The van der Waals surface area contributed by atoms with E-state index in [2.05, 4.69) is 20.1 Å². The van der Waals surface area contributed by atoms with Gasteiger partial charge in [-0.3, -0.25) is 4.79 Å². The molecule has 0 amide bonds. The van der Waals surface area contributed by atoms with E-state index in [4.69, 9.17) is 4.52 Å². The predicted molar refractivity (Wildman–Crippen MR) is 68.8 cm³/mol. The maximum absolute atomic E-state index is 12.0. The Morgan fingerprint density at radius 3 is 2.63 bits per heavy atom. The van der Waals surface area contributed by atoms with Crippen molar-refractivity contribution in [1.29, 1.82) is 0 Å². The molecular weight excluding hydrogens is 244 g/mol. The van der Waals surface area contributed by atoms with Gasteiger partial charge >= 0.3 is 0 Å². The van der Waals surface area contributed by atoms with Gasteiger partial charge in [-0.15, -0.1) is 0 Å². The number of aromatic amines is 1. The highest BCUT2D eigenvalue weighted by atomic mass is 16.5. The molecule has 6 nitrogen and oxygen atoms in total. The minimum absolute atomic E-state index is 0.212. The van der Waals surface area contributed by atoms with Gasteiger partial charge in [0.25, 0.3) is 11.4 Å². The Morgan fingerprint density at radius 2 is 2.11 bits per heavy atom. The topological polar surface area (TPSA) is 84.7 Å². The maximum atomic E-state index is 12.0. The molecule has 2 heterocycles. The van der Waals surface area contributed by atoms with Gasteiger partial charge in [-0.25, -0.2) is 4.98 Å². The van der Waals surface area contributed by atoms with Gasteiger partial charge in [0.15, 0.2) is 5.82 Å². The van der Waals surface area contributed by atoms with E-state index in [-0.39, 0.29) is 16.9 Å². The lowest BCUT2D eigenvalue weighted by molar-refractivity contribution is 0.402. The highest BCUT2D eigenvalue weighted by Crippen LogP contribution is 2.37. The standard InChI is InChI=1S/C13H16N4O2/c1-13(2,3)12-16-11(19-17-12)8-6-14-9(7-4-5-7)15-10(8)18/h6-7H,4-5H2,1-3H3,(H,14,15,18). The summed E-state index contributed by atoms with van der Waals surface area (Å²) in [7, 11) is 0. The molecule has 0 aromatic carbocycles. The number of hydrogen-bond acceptors (Lipinski definition) is 5. The summed E-state index contributed by atoms with van der Waals surface area (Å²) < 4.78 is 5.15. The van der Waals surface area contributed by atoms with Crippen LogP contribution in [-0.2, 0) is 5.41 Å². The zero-order valence-electron chi connectivity index (χ0n) is 11.2. The molecule has 1 N–H and O–H groups in total. The van der Waals surface area contributed by atoms with Crippen LogP contribution in [0.2, 0.25) is 0 Å². The summed E-state index contributed by atoms with van der Waals surface area (Å²) in [6.45, 7) is 5.96. The fourth-order valence-corrected chi connectivity index (χ4v) is 1.76. The normalized spacial score (nSPS) is 15.7. The van der Waals surface area contributed by atoms with Crippen molar-refractivity contribution in [2.45, 2.75) is 44.9 Å². The fourth-order valence-electron chi connectivity index (χ4n) is 1.76. The lowest BCUT2D eigenvalue weighted by atomic mass is 9.96. The van der Waals surface area contributed by atoms with Crippen molar-refractivity contribution in [3.8, 4) is 11.5 Å². The van der Waals surface area contributed by atoms with Crippen molar-refractivity contribution in [3.63, 3.8) is 0 Å². The molecule has 3 rings (SSSR count). The zero-order valence-corrected chi connectivity index (χ0v) is 11.2. The van der Waals surface area contributed by atoms with Crippen LogP contribution >= 0.6 is 0 Å². The van der Waals surface area contributed by atoms with Crippen LogP contribution in [0, 0.1) is 0 Å². The molecule has 0 spiro atoms. The van der Waals surface area contributed by atoms with E-state index in [0.717, 1.165) is 18.7 Å².